The normalized spacial score (nSPS) is 18.3. The van der Waals surface area contributed by atoms with Crippen LogP contribution >= 0.6 is 11.6 Å². The number of hydrogen-bond acceptors (Lipinski definition) is 5. The van der Waals surface area contributed by atoms with E-state index in [0.717, 1.165) is 25.9 Å². The van der Waals surface area contributed by atoms with Crippen LogP contribution in [0.5, 0.6) is 0 Å². The number of amides is 1. The topological polar surface area (TPSA) is 79.0 Å². The fraction of sp³-hybridized carbons (Fsp3) is 0.304. The number of carbonyl (C=O) groups is 1. The first-order chi connectivity index (χ1) is 15.0. The van der Waals surface area contributed by atoms with Crippen molar-refractivity contribution >= 4 is 34.6 Å². The van der Waals surface area contributed by atoms with Gasteiger partial charge in [-0.3, -0.25) is 14.9 Å². The van der Waals surface area contributed by atoms with Crippen LogP contribution in [0.3, 0.4) is 0 Å². The molecule has 0 saturated carbocycles. The Morgan fingerprint density at radius 3 is 2.45 bits per heavy atom. The Hall–Kier alpha value is -3.19. The Balaban J connectivity index is 1.92. The molecule has 0 atom stereocenters. The van der Waals surface area contributed by atoms with Crippen molar-refractivity contribution in [3.63, 3.8) is 0 Å². The van der Waals surface area contributed by atoms with Gasteiger partial charge in [0.25, 0.3) is 11.6 Å². The number of halogens is 1. The first kappa shape index (κ1) is 21.1. The molecule has 1 amide bonds. The minimum absolute atomic E-state index is 0.0701. The molecule has 0 bridgehead atoms. The van der Waals surface area contributed by atoms with E-state index in [2.05, 4.69) is 4.90 Å². The van der Waals surface area contributed by atoms with Gasteiger partial charge in [-0.25, -0.2) is 4.99 Å². The molecule has 2 aromatic carbocycles. The molecular formula is C23H23ClN4O3. The van der Waals surface area contributed by atoms with Crippen molar-refractivity contribution < 1.29 is 9.72 Å². The van der Waals surface area contributed by atoms with Crippen molar-refractivity contribution in [1.82, 2.24) is 4.90 Å². The fourth-order valence-electron chi connectivity index (χ4n) is 3.97. The lowest BCUT2D eigenvalue weighted by Crippen LogP contribution is -2.28. The van der Waals surface area contributed by atoms with Crippen LogP contribution < -0.4 is 4.90 Å². The Labute approximate surface area is 185 Å². The van der Waals surface area contributed by atoms with E-state index >= 15 is 0 Å². The van der Waals surface area contributed by atoms with Crippen LogP contribution in [0.25, 0.3) is 0 Å². The van der Waals surface area contributed by atoms with Crippen molar-refractivity contribution in [3.05, 3.63) is 80.6 Å². The second-order valence-corrected chi connectivity index (χ2v) is 8.13. The molecule has 31 heavy (non-hydrogen) atoms. The SMILES string of the molecule is CN1C(=O)C(=CN2CCCCCC2)N=C(c2ccccc2Cl)c2cc([N+](=O)[O-])ccc21. The van der Waals surface area contributed by atoms with Crippen LogP contribution in [0.4, 0.5) is 11.4 Å². The number of nitrogens with zero attached hydrogens (tertiary/aromatic N) is 4. The van der Waals surface area contributed by atoms with Crippen LogP contribution in [0.1, 0.15) is 36.8 Å². The average Bonchev–Trinajstić information content (AvgIpc) is 3.08. The molecule has 0 unspecified atom stereocenters. The molecule has 2 aliphatic rings. The summed E-state index contributed by atoms with van der Waals surface area (Å²) in [5, 5.41) is 11.9. The highest BCUT2D eigenvalue weighted by Crippen LogP contribution is 2.33. The molecule has 160 valence electrons. The molecule has 1 saturated heterocycles. The summed E-state index contributed by atoms with van der Waals surface area (Å²) in [4.78, 5) is 32.7. The number of nitro benzene ring substituents is 1. The number of hydrogen-bond donors (Lipinski definition) is 0. The van der Waals surface area contributed by atoms with E-state index in [4.69, 9.17) is 16.6 Å². The lowest BCUT2D eigenvalue weighted by Gasteiger charge is -2.20. The van der Waals surface area contributed by atoms with E-state index in [1.807, 2.05) is 24.4 Å². The Morgan fingerprint density at radius 2 is 1.77 bits per heavy atom. The highest BCUT2D eigenvalue weighted by Gasteiger charge is 2.29. The number of anilines is 1. The van der Waals surface area contributed by atoms with Gasteiger partial charge in [-0.05, 0) is 25.0 Å². The number of likely N-dealkylation sites (tertiary alicyclic amines) is 1. The monoisotopic (exact) mass is 438 g/mol. The summed E-state index contributed by atoms with van der Waals surface area (Å²) < 4.78 is 0. The smallest absolute Gasteiger partial charge is 0.278 e. The average molecular weight is 439 g/mol. The van der Waals surface area contributed by atoms with Crippen LogP contribution in [0.2, 0.25) is 5.02 Å². The first-order valence-electron chi connectivity index (χ1n) is 10.3. The van der Waals surface area contributed by atoms with Gasteiger partial charge in [0.2, 0.25) is 0 Å². The zero-order valence-corrected chi connectivity index (χ0v) is 18.0. The fourth-order valence-corrected chi connectivity index (χ4v) is 4.19. The quantitative estimate of drug-likeness (QED) is 0.392. The number of benzene rings is 2. The van der Waals surface area contributed by atoms with Crippen LogP contribution in [-0.4, -0.2) is 41.6 Å². The van der Waals surface area contributed by atoms with E-state index in [1.165, 1.54) is 29.9 Å². The van der Waals surface area contributed by atoms with Crippen molar-refractivity contribution in [1.29, 1.82) is 0 Å². The molecule has 8 heteroatoms. The third-order valence-corrected chi connectivity index (χ3v) is 5.97. The highest BCUT2D eigenvalue weighted by atomic mass is 35.5. The van der Waals surface area contributed by atoms with Crippen LogP contribution in [0.15, 0.2) is 59.4 Å². The third-order valence-electron chi connectivity index (χ3n) is 5.64. The zero-order chi connectivity index (χ0) is 22.0. The van der Waals surface area contributed by atoms with Gasteiger partial charge in [0.05, 0.1) is 16.3 Å². The van der Waals surface area contributed by atoms with Gasteiger partial charge in [-0.15, -0.1) is 0 Å². The van der Waals surface area contributed by atoms with Gasteiger partial charge in [0.1, 0.15) is 5.70 Å². The second kappa shape index (κ2) is 8.89. The lowest BCUT2D eigenvalue weighted by molar-refractivity contribution is -0.384. The molecule has 0 N–H and O–H groups in total. The van der Waals surface area contributed by atoms with E-state index < -0.39 is 4.92 Å². The predicted molar refractivity (Wildman–Crippen MR) is 122 cm³/mol. The third kappa shape index (κ3) is 4.32. The van der Waals surface area contributed by atoms with Crippen molar-refractivity contribution in [2.75, 3.05) is 25.0 Å². The van der Waals surface area contributed by atoms with E-state index in [9.17, 15) is 14.9 Å². The van der Waals surface area contributed by atoms with Crippen LogP contribution in [-0.2, 0) is 4.79 Å². The zero-order valence-electron chi connectivity index (χ0n) is 17.3. The maximum absolute atomic E-state index is 13.3. The molecular weight excluding hydrogens is 416 g/mol. The Bertz CT molecular complexity index is 1090. The Morgan fingerprint density at radius 1 is 1.06 bits per heavy atom. The summed E-state index contributed by atoms with van der Waals surface area (Å²) in [5.41, 5.74) is 2.34. The first-order valence-corrected chi connectivity index (χ1v) is 10.7. The number of benzodiazepines with no additional fused rings is 1. The number of rotatable bonds is 3. The van der Waals surface area contributed by atoms with Gasteiger partial charge in [-0.1, -0.05) is 42.6 Å². The number of fused-ring (bicyclic) bond motifs is 1. The summed E-state index contributed by atoms with van der Waals surface area (Å²) in [5.74, 6) is -0.263. The number of nitro groups is 1. The maximum atomic E-state index is 13.3. The molecule has 4 rings (SSSR count). The van der Waals surface area contributed by atoms with Crippen molar-refractivity contribution in [2.24, 2.45) is 4.99 Å². The molecule has 0 aliphatic carbocycles. The van der Waals surface area contributed by atoms with E-state index in [1.54, 1.807) is 19.2 Å². The molecule has 2 aliphatic heterocycles. The largest absolute Gasteiger partial charge is 0.375 e. The molecule has 0 aromatic heterocycles. The van der Waals surface area contributed by atoms with Gasteiger partial charge < -0.3 is 9.80 Å². The van der Waals surface area contributed by atoms with Gasteiger partial charge in [-0.2, -0.15) is 0 Å². The molecule has 7 nitrogen and oxygen atoms in total. The lowest BCUT2D eigenvalue weighted by atomic mass is 9.99. The summed E-state index contributed by atoms with van der Waals surface area (Å²) in [6, 6.07) is 11.6. The molecule has 1 fully saturated rings. The summed E-state index contributed by atoms with van der Waals surface area (Å²) in [7, 11) is 1.66. The predicted octanol–water partition coefficient (Wildman–Crippen LogP) is 4.78. The number of non-ortho nitro benzene ring substituents is 1. The Kier molecular flexibility index (Phi) is 6.04. The standard InChI is InChI=1S/C23H23ClN4O3/c1-26-21-11-10-16(28(30)31)14-18(21)22(17-8-4-5-9-19(17)24)25-20(23(26)29)15-27-12-6-2-3-7-13-27/h4-5,8-11,14-15H,2-3,6-7,12-13H2,1H3. The summed E-state index contributed by atoms with van der Waals surface area (Å²) in [6.45, 7) is 1.74. The maximum Gasteiger partial charge on any atom is 0.278 e. The molecule has 0 radical (unpaired) electrons. The van der Waals surface area contributed by atoms with Crippen molar-refractivity contribution in [2.45, 2.75) is 25.7 Å². The van der Waals surface area contributed by atoms with Gasteiger partial charge in [0, 0.05) is 54.6 Å². The molecule has 2 aromatic rings. The van der Waals surface area contributed by atoms with Gasteiger partial charge >= 0.3 is 0 Å². The second-order valence-electron chi connectivity index (χ2n) is 7.73. The molecule has 0 spiro atoms. The minimum Gasteiger partial charge on any atom is -0.375 e. The summed E-state index contributed by atoms with van der Waals surface area (Å²) in [6.07, 6.45) is 6.32. The molecule has 2 heterocycles. The summed E-state index contributed by atoms with van der Waals surface area (Å²) >= 11 is 6.47. The van der Waals surface area contributed by atoms with Crippen molar-refractivity contribution in [3.8, 4) is 0 Å². The van der Waals surface area contributed by atoms with Crippen LogP contribution in [0, 0.1) is 10.1 Å². The van der Waals surface area contributed by atoms with E-state index in [0.29, 0.717) is 27.5 Å². The number of aliphatic imine (C=N–C) groups is 1. The number of likely N-dealkylation sites (N-methyl/N-ethyl adjacent to an activating group) is 1. The highest BCUT2D eigenvalue weighted by molar-refractivity contribution is 6.36. The van der Waals surface area contributed by atoms with E-state index in [-0.39, 0.29) is 17.3 Å². The van der Waals surface area contributed by atoms with Gasteiger partial charge in [0.15, 0.2) is 0 Å². The minimum atomic E-state index is -0.453. The number of carbonyl (C=O) groups excluding carboxylic acids is 1.